The quantitative estimate of drug-likeness (QED) is 0.801. The van der Waals surface area contributed by atoms with Crippen LogP contribution in [-0.4, -0.2) is 19.2 Å². The van der Waals surface area contributed by atoms with E-state index in [0.29, 0.717) is 12.0 Å². The molecule has 1 saturated carbocycles. The van der Waals surface area contributed by atoms with Crippen molar-refractivity contribution in [3.63, 3.8) is 0 Å². The first kappa shape index (κ1) is 12.0. The van der Waals surface area contributed by atoms with Gasteiger partial charge in [0.15, 0.2) is 0 Å². The minimum Gasteiger partial charge on any atom is -0.497 e. The lowest BCUT2D eigenvalue weighted by atomic mass is 9.75. The summed E-state index contributed by atoms with van der Waals surface area (Å²) in [5.41, 5.74) is 1.37. The van der Waals surface area contributed by atoms with Crippen LogP contribution in [0.4, 0.5) is 0 Å². The van der Waals surface area contributed by atoms with E-state index in [1.807, 2.05) is 13.0 Å². The summed E-state index contributed by atoms with van der Waals surface area (Å²) in [7, 11) is 1.71. The molecule has 1 aromatic rings. The summed E-state index contributed by atoms with van der Waals surface area (Å²) < 4.78 is 5.24. The van der Waals surface area contributed by atoms with Crippen LogP contribution in [-0.2, 0) is 0 Å². The van der Waals surface area contributed by atoms with E-state index in [0.717, 1.165) is 5.75 Å². The molecule has 0 amide bonds. The minimum absolute atomic E-state index is 0.172. The lowest BCUT2D eigenvalue weighted by molar-refractivity contribution is 0.283. The second-order valence-corrected chi connectivity index (χ2v) is 4.70. The van der Waals surface area contributed by atoms with Gasteiger partial charge in [0.05, 0.1) is 13.2 Å². The van der Waals surface area contributed by atoms with E-state index in [1.165, 1.54) is 18.4 Å². The molecule has 0 aromatic heterocycles. The van der Waals surface area contributed by atoms with Crippen molar-refractivity contribution in [3.05, 3.63) is 29.8 Å². The normalized spacial score (nSPS) is 24.5. The van der Waals surface area contributed by atoms with Gasteiger partial charge in [-0.3, -0.25) is 0 Å². The van der Waals surface area contributed by atoms with Gasteiger partial charge in [-0.25, -0.2) is 0 Å². The summed E-state index contributed by atoms with van der Waals surface area (Å²) in [5.74, 6) is 4.29. The molecule has 0 bridgehead atoms. The number of ether oxygens (including phenoxy) is 1. The molecule has 1 N–H and O–H groups in total. The minimum atomic E-state index is 0.172. The second kappa shape index (κ2) is 5.25. The van der Waals surface area contributed by atoms with E-state index in [9.17, 15) is 0 Å². The fraction of sp³-hybridized carbons (Fsp3) is 0.467. The first-order chi connectivity index (χ1) is 8.22. The van der Waals surface area contributed by atoms with Crippen molar-refractivity contribution in [2.24, 2.45) is 0 Å². The Balaban J connectivity index is 1.89. The van der Waals surface area contributed by atoms with Crippen molar-refractivity contribution >= 4 is 0 Å². The summed E-state index contributed by atoms with van der Waals surface area (Å²) in [6, 6.07) is 9.08. The predicted octanol–water partition coefficient (Wildman–Crippen LogP) is 2.55. The van der Waals surface area contributed by atoms with Crippen molar-refractivity contribution in [3.8, 4) is 18.1 Å². The molecule has 2 heteroatoms. The number of terminal acetylenes is 1. The molecular formula is C15H19NO. The van der Waals surface area contributed by atoms with Crippen LogP contribution in [0.1, 0.15) is 31.2 Å². The van der Waals surface area contributed by atoms with Gasteiger partial charge in [-0.15, -0.1) is 6.42 Å². The summed E-state index contributed by atoms with van der Waals surface area (Å²) >= 11 is 0. The fourth-order valence-corrected chi connectivity index (χ4v) is 2.32. The third-order valence-corrected chi connectivity index (χ3v) is 3.44. The summed E-state index contributed by atoms with van der Waals surface area (Å²) in [5, 5.41) is 3.43. The van der Waals surface area contributed by atoms with Gasteiger partial charge in [0.2, 0.25) is 0 Å². The van der Waals surface area contributed by atoms with Crippen molar-refractivity contribution in [1.29, 1.82) is 0 Å². The number of nitrogens with one attached hydrogen (secondary N) is 1. The Bertz CT molecular complexity index is 415. The van der Waals surface area contributed by atoms with E-state index in [4.69, 9.17) is 11.2 Å². The molecule has 1 atom stereocenters. The maximum atomic E-state index is 5.35. The second-order valence-electron chi connectivity index (χ2n) is 4.70. The first-order valence-corrected chi connectivity index (χ1v) is 6.09. The molecule has 1 aromatic carbocycles. The van der Waals surface area contributed by atoms with Crippen LogP contribution in [0.3, 0.4) is 0 Å². The summed E-state index contributed by atoms with van der Waals surface area (Å²) in [6.07, 6.45) is 7.69. The molecule has 2 nitrogen and oxygen atoms in total. The van der Waals surface area contributed by atoms with Gasteiger partial charge >= 0.3 is 0 Å². The van der Waals surface area contributed by atoms with E-state index < -0.39 is 0 Å². The molecule has 1 aliphatic rings. The van der Waals surface area contributed by atoms with Crippen molar-refractivity contribution < 1.29 is 4.74 Å². The first-order valence-electron chi connectivity index (χ1n) is 6.09. The van der Waals surface area contributed by atoms with E-state index in [-0.39, 0.29) is 6.04 Å². The molecular weight excluding hydrogens is 210 g/mol. The molecule has 90 valence electrons. The third-order valence-electron chi connectivity index (χ3n) is 3.44. The highest BCUT2D eigenvalue weighted by molar-refractivity contribution is 5.32. The highest BCUT2D eigenvalue weighted by Gasteiger charge is 2.30. The molecule has 2 rings (SSSR count). The Kier molecular flexibility index (Phi) is 3.71. The zero-order chi connectivity index (χ0) is 12.3. The standard InChI is InChI=1S/C15H19NO/c1-4-11(2)16-14-8-13(9-14)12-6-5-7-15(10-12)17-3/h1,5-7,10-11,13-14,16H,8-9H2,2-3H3. The van der Waals surface area contributed by atoms with Crippen LogP contribution in [0.2, 0.25) is 0 Å². The van der Waals surface area contributed by atoms with Gasteiger partial charge < -0.3 is 10.1 Å². The third kappa shape index (κ3) is 2.81. The Labute approximate surface area is 103 Å². The topological polar surface area (TPSA) is 21.3 Å². The van der Waals surface area contributed by atoms with Crippen LogP contribution in [0.25, 0.3) is 0 Å². The molecule has 1 aliphatic carbocycles. The largest absolute Gasteiger partial charge is 0.497 e. The SMILES string of the molecule is C#CC(C)NC1CC(c2cccc(OC)c2)C1. The Hall–Kier alpha value is -1.46. The van der Waals surface area contributed by atoms with Crippen molar-refractivity contribution in [2.75, 3.05) is 7.11 Å². The van der Waals surface area contributed by atoms with E-state index in [1.54, 1.807) is 7.11 Å². The number of rotatable bonds is 4. The maximum absolute atomic E-state index is 5.35. The van der Waals surface area contributed by atoms with E-state index >= 15 is 0 Å². The van der Waals surface area contributed by atoms with Crippen LogP contribution in [0, 0.1) is 12.3 Å². The molecule has 0 radical (unpaired) electrons. The molecule has 17 heavy (non-hydrogen) atoms. The van der Waals surface area contributed by atoms with Gasteiger partial charge in [0.1, 0.15) is 5.75 Å². The summed E-state index contributed by atoms with van der Waals surface area (Å²) in [4.78, 5) is 0. The lowest BCUT2D eigenvalue weighted by Crippen LogP contribution is -2.43. The fourth-order valence-electron chi connectivity index (χ4n) is 2.32. The average Bonchev–Trinajstić information content (AvgIpc) is 2.32. The zero-order valence-electron chi connectivity index (χ0n) is 10.4. The maximum Gasteiger partial charge on any atom is 0.119 e. The monoisotopic (exact) mass is 229 g/mol. The van der Waals surface area contributed by atoms with Crippen molar-refractivity contribution in [2.45, 2.75) is 37.8 Å². The van der Waals surface area contributed by atoms with Gasteiger partial charge in [0, 0.05) is 6.04 Å². The number of hydrogen-bond acceptors (Lipinski definition) is 2. The van der Waals surface area contributed by atoms with Gasteiger partial charge in [-0.2, -0.15) is 0 Å². The predicted molar refractivity (Wildman–Crippen MR) is 70.2 cm³/mol. The molecule has 0 aliphatic heterocycles. The van der Waals surface area contributed by atoms with Crippen LogP contribution < -0.4 is 10.1 Å². The zero-order valence-corrected chi connectivity index (χ0v) is 10.4. The molecule has 0 heterocycles. The van der Waals surface area contributed by atoms with Gasteiger partial charge in [-0.05, 0) is 43.4 Å². The molecule has 0 saturated heterocycles. The molecule has 1 unspecified atom stereocenters. The van der Waals surface area contributed by atoms with Gasteiger partial charge in [0.25, 0.3) is 0 Å². The van der Waals surface area contributed by atoms with E-state index in [2.05, 4.69) is 29.4 Å². The Morgan fingerprint density at radius 2 is 2.24 bits per heavy atom. The smallest absolute Gasteiger partial charge is 0.119 e. The average molecular weight is 229 g/mol. The number of methoxy groups -OCH3 is 1. The number of hydrogen-bond donors (Lipinski definition) is 1. The van der Waals surface area contributed by atoms with Crippen LogP contribution in [0.5, 0.6) is 5.75 Å². The highest BCUT2D eigenvalue weighted by Crippen LogP contribution is 2.38. The highest BCUT2D eigenvalue weighted by atomic mass is 16.5. The summed E-state index contributed by atoms with van der Waals surface area (Å²) in [6.45, 7) is 2.03. The number of benzene rings is 1. The van der Waals surface area contributed by atoms with Gasteiger partial charge in [-0.1, -0.05) is 18.1 Å². The lowest BCUT2D eigenvalue weighted by Gasteiger charge is -2.37. The Morgan fingerprint density at radius 1 is 1.47 bits per heavy atom. The Morgan fingerprint density at radius 3 is 2.88 bits per heavy atom. The van der Waals surface area contributed by atoms with Crippen LogP contribution in [0.15, 0.2) is 24.3 Å². The molecule has 1 fully saturated rings. The van der Waals surface area contributed by atoms with Crippen LogP contribution >= 0.6 is 0 Å². The van der Waals surface area contributed by atoms with Crippen molar-refractivity contribution in [1.82, 2.24) is 5.32 Å². The molecule has 0 spiro atoms.